The van der Waals surface area contributed by atoms with E-state index >= 15 is 0 Å². The lowest BCUT2D eigenvalue weighted by molar-refractivity contribution is -0.117. The molecule has 244 valence electrons. The van der Waals surface area contributed by atoms with Crippen molar-refractivity contribution in [3.63, 3.8) is 0 Å². The van der Waals surface area contributed by atoms with Gasteiger partial charge in [0.15, 0.2) is 11.2 Å². The van der Waals surface area contributed by atoms with Gasteiger partial charge in [0.1, 0.15) is 0 Å². The Balaban J connectivity index is 1.24. The Bertz CT molecular complexity index is 1800. The number of benzene rings is 2. The topological polar surface area (TPSA) is 122 Å². The minimum atomic E-state index is -2.85. The first-order chi connectivity index (χ1) is 22.8. The third-order valence-corrected chi connectivity index (χ3v) is 9.61. The lowest BCUT2D eigenvalue weighted by Crippen LogP contribution is -2.34. The molecule has 2 aromatic carbocycles. The zero-order chi connectivity index (χ0) is 32.9. The van der Waals surface area contributed by atoms with E-state index in [0.717, 1.165) is 63.1 Å². The van der Waals surface area contributed by atoms with E-state index in [0.29, 0.717) is 27.9 Å². The molecule has 0 saturated carbocycles. The van der Waals surface area contributed by atoms with Crippen LogP contribution in [0.5, 0.6) is 0 Å². The first-order valence-corrected chi connectivity index (χ1v) is 16.6. The summed E-state index contributed by atoms with van der Waals surface area (Å²) in [7, 11) is 0. The van der Waals surface area contributed by atoms with Gasteiger partial charge in [-0.25, -0.2) is 18.7 Å². The van der Waals surface area contributed by atoms with E-state index in [9.17, 15) is 18.7 Å². The van der Waals surface area contributed by atoms with Crippen LogP contribution in [0.4, 0.5) is 19.6 Å². The standard InChI is InChI=1S/C35H37F2N7O2S/c1-22-26(9-8-23-4-6-24(7-5-23)19-43-14-10-25(20-45)11-15-43)17-27(33(36)37)28(30(22)38)18-40-32(34(46)42-35-39-12-16-47-35)31-29-3-2-13-44(29)21-41-31/h4-7,12,16-18,21,25,32-33,45H,2-3,10-11,13-15,19-20,38H2,1H3,(H,39,42,46). The van der Waals surface area contributed by atoms with Gasteiger partial charge in [-0.2, -0.15) is 0 Å². The Labute approximate surface area is 276 Å². The van der Waals surface area contributed by atoms with Crippen molar-refractivity contribution in [1.29, 1.82) is 0 Å². The van der Waals surface area contributed by atoms with Crippen LogP contribution < -0.4 is 11.1 Å². The van der Waals surface area contributed by atoms with Gasteiger partial charge < -0.3 is 15.4 Å². The van der Waals surface area contributed by atoms with E-state index in [-0.39, 0.29) is 23.4 Å². The van der Waals surface area contributed by atoms with Gasteiger partial charge in [0.2, 0.25) is 0 Å². The quantitative estimate of drug-likeness (QED) is 0.124. The molecule has 0 aliphatic carbocycles. The lowest BCUT2D eigenvalue weighted by Gasteiger charge is -2.31. The second kappa shape index (κ2) is 14.5. The number of fused-ring (bicyclic) bond motifs is 1. The number of nitrogen functional groups attached to an aromatic ring is 1. The number of carbonyl (C=O) groups excluding carboxylic acids is 1. The largest absolute Gasteiger partial charge is 0.398 e. The summed E-state index contributed by atoms with van der Waals surface area (Å²) < 4.78 is 30.9. The summed E-state index contributed by atoms with van der Waals surface area (Å²) in [5.41, 5.74) is 10.6. The number of nitrogens with one attached hydrogen (secondary N) is 1. The molecule has 4 aromatic rings. The number of hydrogen-bond donors (Lipinski definition) is 3. The molecule has 2 aliphatic rings. The van der Waals surface area contributed by atoms with Crippen LogP contribution in [0.25, 0.3) is 0 Å². The molecular weight excluding hydrogens is 620 g/mol. The Morgan fingerprint density at radius 1 is 1.21 bits per heavy atom. The number of aryl methyl sites for hydroxylation is 1. The number of aliphatic imine (C=N–C) groups is 1. The summed E-state index contributed by atoms with van der Waals surface area (Å²) >= 11 is 1.27. The highest BCUT2D eigenvalue weighted by molar-refractivity contribution is 7.13. The van der Waals surface area contributed by atoms with Crippen molar-refractivity contribution >= 4 is 34.3 Å². The SMILES string of the molecule is Cc1c(C#Cc2ccc(CN3CCC(CO)CC3)cc2)cc(C(F)F)c(C=NC(C(=O)Nc2nccs2)c2ncn3c2CCC3)c1N. The summed E-state index contributed by atoms with van der Waals surface area (Å²) in [6, 6.07) is 8.20. The first kappa shape index (κ1) is 32.5. The molecule has 0 bridgehead atoms. The van der Waals surface area contributed by atoms with Gasteiger partial charge in [0, 0.05) is 71.1 Å². The van der Waals surface area contributed by atoms with Crippen LogP contribution in [0.15, 0.2) is 53.2 Å². The molecule has 4 heterocycles. The molecule has 1 saturated heterocycles. The van der Waals surface area contributed by atoms with E-state index in [1.807, 2.05) is 28.8 Å². The molecule has 0 spiro atoms. The van der Waals surface area contributed by atoms with E-state index < -0.39 is 18.4 Å². The number of amides is 1. The average Bonchev–Trinajstić information content (AvgIpc) is 3.84. The van der Waals surface area contributed by atoms with Crippen molar-refractivity contribution in [2.24, 2.45) is 10.9 Å². The number of carbonyl (C=O) groups is 1. The number of rotatable bonds is 9. The zero-order valence-corrected chi connectivity index (χ0v) is 26.9. The first-order valence-electron chi connectivity index (χ1n) is 15.7. The van der Waals surface area contributed by atoms with Crippen molar-refractivity contribution in [2.45, 2.75) is 58.2 Å². The maximum atomic E-state index is 14.5. The molecule has 47 heavy (non-hydrogen) atoms. The molecule has 2 aromatic heterocycles. The van der Waals surface area contributed by atoms with Crippen LogP contribution in [0.2, 0.25) is 0 Å². The summed E-state index contributed by atoms with van der Waals surface area (Å²) in [6.07, 6.45) is 5.36. The predicted molar refractivity (Wildman–Crippen MR) is 180 cm³/mol. The number of imidazole rings is 1. The third kappa shape index (κ3) is 7.43. The number of alkyl halides is 2. The van der Waals surface area contributed by atoms with Crippen LogP contribution in [-0.4, -0.2) is 56.4 Å². The summed E-state index contributed by atoms with van der Waals surface area (Å²) in [4.78, 5) is 28.9. The third-order valence-electron chi connectivity index (χ3n) is 8.92. The molecule has 1 amide bonds. The summed E-state index contributed by atoms with van der Waals surface area (Å²) in [5, 5.41) is 14.3. The van der Waals surface area contributed by atoms with Crippen LogP contribution in [0.1, 0.15) is 76.5 Å². The maximum absolute atomic E-state index is 14.5. The van der Waals surface area contributed by atoms with Gasteiger partial charge in [0.25, 0.3) is 12.3 Å². The van der Waals surface area contributed by atoms with Gasteiger partial charge >= 0.3 is 0 Å². The molecule has 4 N–H and O–H groups in total. The van der Waals surface area contributed by atoms with Crippen molar-refractivity contribution in [2.75, 3.05) is 30.7 Å². The molecule has 0 radical (unpaired) electrons. The minimum absolute atomic E-state index is 0.0540. The number of thiazole rings is 1. The number of nitrogens with zero attached hydrogens (tertiary/aromatic N) is 5. The molecular formula is C35H37F2N7O2S. The van der Waals surface area contributed by atoms with E-state index in [1.54, 1.807) is 24.8 Å². The van der Waals surface area contributed by atoms with Crippen LogP contribution in [0.3, 0.4) is 0 Å². The number of likely N-dealkylation sites (tertiary alicyclic amines) is 1. The number of aliphatic hydroxyl groups is 1. The molecule has 1 unspecified atom stereocenters. The monoisotopic (exact) mass is 657 g/mol. The average molecular weight is 658 g/mol. The van der Waals surface area contributed by atoms with Crippen LogP contribution >= 0.6 is 11.3 Å². The smallest absolute Gasteiger partial charge is 0.264 e. The molecule has 6 rings (SSSR count). The Morgan fingerprint density at radius 2 is 2.00 bits per heavy atom. The van der Waals surface area contributed by atoms with Crippen LogP contribution in [0, 0.1) is 24.7 Å². The highest BCUT2D eigenvalue weighted by Gasteiger charge is 2.29. The fourth-order valence-electron chi connectivity index (χ4n) is 6.12. The Morgan fingerprint density at radius 3 is 2.70 bits per heavy atom. The van der Waals surface area contributed by atoms with Gasteiger partial charge in [-0.1, -0.05) is 24.0 Å². The number of aliphatic hydroxyl groups excluding tert-OH is 1. The maximum Gasteiger partial charge on any atom is 0.264 e. The molecule has 2 aliphatic heterocycles. The van der Waals surface area contributed by atoms with Gasteiger partial charge in [-0.05, 0) is 80.9 Å². The van der Waals surface area contributed by atoms with E-state index in [2.05, 4.69) is 37.0 Å². The normalized spacial score (nSPS) is 15.9. The summed E-state index contributed by atoms with van der Waals surface area (Å²) in [5.74, 6) is 6.07. The lowest BCUT2D eigenvalue weighted by atomic mass is 9.96. The fourth-order valence-corrected chi connectivity index (χ4v) is 6.65. The van der Waals surface area contributed by atoms with Gasteiger partial charge in [0.05, 0.1) is 12.0 Å². The van der Waals surface area contributed by atoms with Crippen molar-refractivity contribution < 1.29 is 18.7 Å². The second-order valence-electron chi connectivity index (χ2n) is 12.0. The molecule has 12 heteroatoms. The molecule has 1 fully saturated rings. The second-order valence-corrected chi connectivity index (χ2v) is 12.9. The van der Waals surface area contributed by atoms with E-state index in [1.165, 1.54) is 29.2 Å². The van der Waals surface area contributed by atoms with Gasteiger partial charge in [-0.3, -0.25) is 20.0 Å². The predicted octanol–water partition coefficient (Wildman–Crippen LogP) is 5.52. The molecule has 9 nitrogen and oxygen atoms in total. The number of anilines is 2. The highest BCUT2D eigenvalue weighted by atomic mass is 32.1. The Hall–Kier alpha value is -4.44. The van der Waals surface area contributed by atoms with Gasteiger partial charge in [-0.15, -0.1) is 11.3 Å². The number of piperidine rings is 1. The minimum Gasteiger partial charge on any atom is -0.398 e. The number of nitrogens with two attached hydrogens (primary N) is 1. The van der Waals surface area contributed by atoms with Crippen LogP contribution in [-0.2, 0) is 24.3 Å². The fraction of sp³-hybridized carbons (Fsp3) is 0.371. The summed E-state index contributed by atoms with van der Waals surface area (Å²) in [6.45, 7) is 5.55. The van der Waals surface area contributed by atoms with Crippen molar-refractivity contribution in [3.05, 3.63) is 93.0 Å². The number of aromatic nitrogens is 3. The molecule has 1 atom stereocenters. The number of halogens is 2. The Kier molecular flexibility index (Phi) is 10.1. The number of hydrogen-bond acceptors (Lipinski definition) is 8. The highest BCUT2D eigenvalue weighted by Crippen LogP contribution is 2.32. The zero-order valence-electron chi connectivity index (χ0n) is 26.1. The van der Waals surface area contributed by atoms with Crippen molar-refractivity contribution in [1.82, 2.24) is 19.4 Å². The van der Waals surface area contributed by atoms with E-state index in [4.69, 9.17) is 5.73 Å². The van der Waals surface area contributed by atoms with Crippen molar-refractivity contribution in [3.8, 4) is 11.8 Å².